The first-order valence-electron chi connectivity index (χ1n) is 14.0. The summed E-state index contributed by atoms with van der Waals surface area (Å²) in [5.74, 6) is 0.387. The molecule has 1 heterocycles. The van der Waals surface area contributed by atoms with Crippen molar-refractivity contribution in [3.05, 3.63) is 166 Å². The highest BCUT2D eigenvalue weighted by molar-refractivity contribution is 6.35. The molecule has 0 atom stereocenters. The molecule has 0 aliphatic rings. The third-order valence-corrected chi connectivity index (χ3v) is 7.66. The molecular weight excluding hydrogens is 589 g/mol. The van der Waals surface area contributed by atoms with Crippen LogP contribution in [0.2, 0.25) is 10.0 Å². The molecule has 5 aromatic carbocycles. The Labute approximate surface area is 266 Å². The molecule has 0 aliphatic carbocycles. The highest BCUT2D eigenvalue weighted by Gasteiger charge is 2.14. The van der Waals surface area contributed by atoms with E-state index in [1.54, 1.807) is 18.3 Å². The van der Waals surface area contributed by atoms with E-state index < -0.39 is 0 Å². The van der Waals surface area contributed by atoms with Crippen molar-refractivity contribution < 1.29 is 9.53 Å². The van der Waals surface area contributed by atoms with Crippen LogP contribution in [0.4, 0.5) is 0 Å². The van der Waals surface area contributed by atoms with Crippen LogP contribution in [0.25, 0.3) is 28.2 Å². The van der Waals surface area contributed by atoms with Crippen molar-refractivity contribution in [2.75, 3.05) is 0 Å². The van der Waals surface area contributed by atoms with Crippen LogP contribution >= 0.6 is 23.2 Å². The third kappa shape index (κ3) is 6.76. The molecule has 1 aromatic heterocycles. The molecule has 44 heavy (non-hydrogen) atoms. The number of rotatable bonds is 9. The molecule has 6 aromatic rings. The van der Waals surface area contributed by atoms with E-state index in [9.17, 15) is 4.79 Å². The average Bonchev–Trinajstić information content (AvgIpc) is 3.51. The quantitative estimate of drug-likeness (QED) is 0.130. The van der Waals surface area contributed by atoms with Crippen molar-refractivity contribution in [3.8, 4) is 34.0 Å². The van der Waals surface area contributed by atoms with Crippen LogP contribution in [0.1, 0.15) is 21.5 Å². The van der Waals surface area contributed by atoms with Crippen LogP contribution < -0.4 is 10.2 Å². The number of nitrogens with zero attached hydrogens (tertiary/aromatic N) is 2. The second kappa shape index (κ2) is 13.5. The zero-order valence-corrected chi connectivity index (χ0v) is 25.0. The largest absolute Gasteiger partial charge is 0.489 e. The first-order chi connectivity index (χ1) is 21.5. The summed E-state index contributed by atoms with van der Waals surface area (Å²) in [6, 6.07) is 45.0. The first kappa shape index (κ1) is 29.0. The lowest BCUT2D eigenvalue weighted by atomic mass is 10.1. The summed E-state index contributed by atoms with van der Waals surface area (Å²) in [6.45, 7) is 0.323. The second-order valence-corrected chi connectivity index (χ2v) is 10.9. The van der Waals surface area contributed by atoms with Gasteiger partial charge in [-0.2, -0.15) is 5.10 Å². The van der Waals surface area contributed by atoms with Gasteiger partial charge in [-0.05, 0) is 89.5 Å². The van der Waals surface area contributed by atoms with E-state index in [1.165, 1.54) is 0 Å². The minimum absolute atomic E-state index is 0.299. The highest BCUT2D eigenvalue weighted by Crippen LogP contribution is 2.32. The predicted molar refractivity (Wildman–Crippen MR) is 179 cm³/mol. The second-order valence-electron chi connectivity index (χ2n) is 10.0. The monoisotopic (exact) mass is 615 g/mol. The normalized spacial score (nSPS) is 11.0. The van der Waals surface area contributed by atoms with Crippen LogP contribution in [0.5, 0.6) is 5.75 Å². The van der Waals surface area contributed by atoms with Crippen LogP contribution in [0.3, 0.4) is 0 Å². The number of aromatic nitrogens is 1. The molecule has 216 valence electrons. The van der Waals surface area contributed by atoms with Gasteiger partial charge in [-0.15, -0.1) is 0 Å². The van der Waals surface area contributed by atoms with Gasteiger partial charge in [-0.3, -0.25) is 4.79 Å². The topological polar surface area (TPSA) is 55.6 Å². The third-order valence-electron chi connectivity index (χ3n) is 7.08. The maximum Gasteiger partial charge on any atom is 0.271 e. The Kier molecular flexibility index (Phi) is 8.87. The minimum Gasteiger partial charge on any atom is -0.489 e. The van der Waals surface area contributed by atoms with E-state index in [4.69, 9.17) is 27.9 Å². The smallest absolute Gasteiger partial charge is 0.271 e. The Morgan fingerprint density at radius 1 is 0.727 bits per heavy atom. The van der Waals surface area contributed by atoms with E-state index >= 15 is 0 Å². The Morgan fingerprint density at radius 2 is 1.34 bits per heavy atom. The van der Waals surface area contributed by atoms with Gasteiger partial charge in [0.1, 0.15) is 12.4 Å². The van der Waals surface area contributed by atoms with E-state index in [0.29, 0.717) is 28.0 Å². The number of hydrazone groups is 1. The fraction of sp³-hybridized carbons (Fsp3) is 0.0270. The number of amides is 1. The lowest BCUT2D eigenvalue weighted by Gasteiger charge is -2.15. The zero-order chi connectivity index (χ0) is 30.3. The SMILES string of the molecule is O=C(N/N=C\c1ccc(OCc2ccc(Cl)cc2Cl)cc1)c1ccc(-n2c(-c3ccccc3)ccc2-c2ccccc2)cc1. The van der Waals surface area contributed by atoms with Crippen LogP contribution in [0, 0.1) is 0 Å². The molecule has 0 aliphatic heterocycles. The Bertz CT molecular complexity index is 1840. The summed E-state index contributed by atoms with van der Waals surface area (Å²) in [7, 11) is 0. The number of halogens is 2. The van der Waals surface area contributed by atoms with Gasteiger partial charge in [0.15, 0.2) is 0 Å². The predicted octanol–water partition coefficient (Wildman–Crippen LogP) is 9.46. The molecule has 0 unspecified atom stereocenters. The number of nitrogens with one attached hydrogen (secondary N) is 1. The lowest BCUT2D eigenvalue weighted by Crippen LogP contribution is -2.17. The van der Waals surface area contributed by atoms with Crippen molar-refractivity contribution in [1.82, 2.24) is 9.99 Å². The van der Waals surface area contributed by atoms with Crippen LogP contribution in [-0.2, 0) is 6.61 Å². The standard InChI is InChI=1S/C37H27Cl2N3O2/c38-31-16-13-30(34(39)23-31)25-44-33-19-11-26(12-20-33)24-40-41-37(43)29-14-17-32(18-15-29)42-35(27-7-3-1-4-8-27)21-22-36(42)28-9-5-2-6-10-28/h1-24H,25H2,(H,41,43)/b40-24-. The van der Waals surface area contributed by atoms with Gasteiger partial charge in [0, 0.05) is 26.9 Å². The number of ether oxygens (including phenoxy) is 1. The van der Waals surface area contributed by atoms with Crippen LogP contribution in [0.15, 0.2) is 145 Å². The van der Waals surface area contributed by atoms with Gasteiger partial charge in [0.05, 0.1) is 17.6 Å². The summed E-state index contributed by atoms with van der Waals surface area (Å²) in [5.41, 5.74) is 10.1. The number of hydrogen-bond acceptors (Lipinski definition) is 3. The van der Waals surface area contributed by atoms with Gasteiger partial charge >= 0.3 is 0 Å². The molecule has 0 saturated carbocycles. The Morgan fingerprint density at radius 3 is 1.93 bits per heavy atom. The molecular formula is C37H27Cl2N3O2. The maximum atomic E-state index is 12.9. The molecule has 1 N–H and O–H groups in total. The summed E-state index contributed by atoms with van der Waals surface area (Å²) < 4.78 is 8.04. The molecule has 6 rings (SSSR count). The summed E-state index contributed by atoms with van der Waals surface area (Å²) in [6.07, 6.45) is 1.59. The van der Waals surface area contributed by atoms with Gasteiger partial charge in [-0.25, -0.2) is 5.43 Å². The van der Waals surface area contributed by atoms with E-state index in [1.807, 2.05) is 91.0 Å². The Balaban J connectivity index is 1.12. The molecule has 0 fully saturated rings. The molecule has 0 saturated heterocycles. The molecule has 0 spiro atoms. The van der Waals surface area contributed by atoms with Gasteiger partial charge in [0.25, 0.3) is 5.91 Å². The zero-order valence-electron chi connectivity index (χ0n) is 23.5. The molecule has 7 heteroatoms. The van der Waals surface area contributed by atoms with Gasteiger partial charge < -0.3 is 9.30 Å². The molecule has 1 amide bonds. The van der Waals surface area contributed by atoms with Crippen molar-refractivity contribution in [1.29, 1.82) is 0 Å². The van der Waals surface area contributed by atoms with Crippen molar-refractivity contribution in [2.45, 2.75) is 6.61 Å². The Hall–Kier alpha value is -5.10. The summed E-state index contributed by atoms with van der Waals surface area (Å²) in [5, 5.41) is 5.28. The fourth-order valence-electron chi connectivity index (χ4n) is 4.83. The number of carbonyl (C=O) groups is 1. The number of hydrogen-bond donors (Lipinski definition) is 1. The van der Waals surface area contributed by atoms with Crippen molar-refractivity contribution >= 4 is 35.3 Å². The van der Waals surface area contributed by atoms with Crippen LogP contribution in [-0.4, -0.2) is 16.7 Å². The summed E-state index contributed by atoms with van der Waals surface area (Å²) >= 11 is 12.2. The van der Waals surface area contributed by atoms with Crippen molar-refractivity contribution in [2.24, 2.45) is 5.10 Å². The van der Waals surface area contributed by atoms with E-state index in [0.717, 1.165) is 39.3 Å². The highest BCUT2D eigenvalue weighted by atomic mass is 35.5. The minimum atomic E-state index is -0.299. The van der Waals surface area contributed by atoms with Crippen molar-refractivity contribution in [3.63, 3.8) is 0 Å². The average molecular weight is 617 g/mol. The number of carbonyl (C=O) groups excluding carboxylic acids is 1. The first-order valence-corrected chi connectivity index (χ1v) is 14.7. The molecule has 0 bridgehead atoms. The molecule has 5 nitrogen and oxygen atoms in total. The van der Waals surface area contributed by atoms with E-state index in [-0.39, 0.29) is 5.91 Å². The number of benzene rings is 5. The summed E-state index contributed by atoms with van der Waals surface area (Å²) in [4.78, 5) is 12.9. The lowest BCUT2D eigenvalue weighted by molar-refractivity contribution is 0.0955. The van der Waals surface area contributed by atoms with Gasteiger partial charge in [0.2, 0.25) is 0 Å². The maximum absolute atomic E-state index is 12.9. The fourth-order valence-corrected chi connectivity index (χ4v) is 5.29. The van der Waals surface area contributed by atoms with Gasteiger partial charge in [-0.1, -0.05) is 89.9 Å². The van der Waals surface area contributed by atoms with E-state index in [2.05, 4.69) is 51.5 Å². The molecule has 0 radical (unpaired) electrons.